The predicted octanol–water partition coefficient (Wildman–Crippen LogP) is 2.21. The monoisotopic (exact) mass is 205 g/mol. The maximum Gasteiger partial charge on any atom is 0.149 e. The van der Waals surface area contributed by atoms with Crippen molar-refractivity contribution in [1.29, 1.82) is 0 Å². The highest BCUT2D eigenvalue weighted by Gasteiger charge is 2.08. The zero-order valence-electron chi connectivity index (χ0n) is 8.66. The fourth-order valence-electron chi connectivity index (χ4n) is 1.53. The van der Waals surface area contributed by atoms with Gasteiger partial charge in [0.15, 0.2) is 0 Å². The number of anilines is 1. The molecule has 3 nitrogen and oxygen atoms in total. The van der Waals surface area contributed by atoms with Crippen LogP contribution in [0.4, 0.5) is 10.2 Å². The maximum atomic E-state index is 13.6. The molecule has 0 unspecified atom stereocenters. The quantitative estimate of drug-likeness (QED) is 0.775. The number of nitrogen functional groups attached to an aromatic ring is 1. The molecule has 1 aromatic heterocycles. The van der Waals surface area contributed by atoms with Crippen LogP contribution in [-0.4, -0.2) is 9.78 Å². The number of hydrogen-bond donors (Lipinski definition) is 1. The van der Waals surface area contributed by atoms with Crippen LogP contribution in [-0.2, 0) is 0 Å². The number of halogens is 1. The van der Waals surface area contributed by atoms with Crippen LogP contribution in [0.2, 0.25) is 0 Å². The van der Waals surface area contributed by atoms with Gasteiger partial charge in [0, 0.05) is 11.8 Å². The molecule has 2 rings (SSSR count). The third-order valence-electron chi connectivity index (χ3n) is 2.24. The van der Waals surface area contributed by atoms with Gasteiger partial charge in [-0.3, -0.25) is 0 Å². The molecule has 78 valence electrons. The minimum absolute atomic E-state index is 0.291. The fourth-order valence-corrected chi connectivity index (χ4v) is 1.53. The average Bonchev–Trinajstić information content (AvgIpc) is 2.45. The lowest BCUT2D eigenvalue weighted by Crippen LogP contribution is -2.02. The van der Waals surface area contributed by atoms with E-state index in [2.05, 4.69) is 5.10 Å². The molecule has 2 aromatic rings. The SMILES string of the molecule is Cc1ccc(-n2nc(N)cc2C)c(F)c1. The standard InChI is InChI=1S/C11H12FN3/c1-7-3-4-10(9(12)5-7)15-8(2)6-11(13)14-15/h3-6H,1-2H3,(H2,13,14). The van der Waals surface area contributed by atoms with E-state index in [1.807, 2.05) is 19.9 Å². The van der Waals surface area contributed by atoms with Gasteiger partial charge in [0.2, 0.25) is 0 Å². The number of aromatic nitrogens is 2. The van der Waals surface area contributed by atoms with Gasteiger partial charge in [-0.25, -0.2) is 9.07 Å². The molecule has 1 heterocycles. The first kappa shape index (κ1) is 9.71. The summed E-state index contributed by atoms with van der Waals surface area (Å²) in [5.41, 5.74) is 7.67. The summed E-state index contributed by atoms with van der Waals surface area (Å²) >= 11 is 0. The Hall–Kier alpha value is -1.84. The van der Waals surface area contributed by atoms with E-state index >= 15 is 0 Å². The van der Waals surface area contributed by atoms with E-state index in [1.54, 1.807) is 12.1 Å². The molecular formula is C11H12FN3. The second kappa shape index (κ2) is 3.38. The van der Waals surface area contributed by atoms with E-state index < -0.39 is 0 Å². The molecule has 0 aliphatic carbocycles. The van der Waals surface area contributed by atoms with Gasteiger partial charge in [0.05, 0.1) is 0 Å². The van der Waals surface area contributed by atoms with Crippen molar-refractivity contribution in [3.05, 3.63) is 41.3 Å². The molecule has 4 heteroatoms. The lowest BCUT2D eigenvalue weighted by atomic mass is 10.2. The van der Waals surface area contributed by atoms with Crippen molar-refractivity contribution in [3.8, 4) is 5.69 Å². The fraction of sp³-hybridized carbons (Fsp3) is 0.182. The average molecular weight is 205 g/mol. The summed E-state index contributed by atoms with van der Waals surface area (Å²) in [6.45, 7) is 3.68. The molecular weight excluding hydrogens is 193 g/mol. The Morgan fingerprint density at radius 2 is 2.00 bits per heavy atom. The van der Waals surface area contributed by atoms with Crippen LogP contribution in [0.5, 0.6) is 0 Å². The van der Waals surface area contributed by atoms with Gasteiger partial charge >= 0.3 is 0 Å². The molecule has 0 bridgehead atoms. The zero-order chi connectivity index (χ0) is 11.0. The van der Waals surface area contributed by atoms with Crippen molar-refractivity contribution >= 4 is 5.82 Å². The predicted molar refractivity (Wildman–Crippen MR) is 57.4 cm³/mol. The largest absolute Gasteiger partial charge is 0.382 e. The van der Waals surface area contributed by atoms with Crippen molar-refractivity contribution in [1.82, 2.24) is 9.78 Å². The minimum Gasteiger partial charge on any atom is -0.382 e. The molecule has 0 spiro atoms. The van der Waals surface area contributed by atoms with Crippen LogP contribution >= 0.6 is 0 Å². The van der Waals surface area contributed by atoms with Crippen LogP contribution < -0.4 is 5.73 Å². The molecule has 2 N–H and O–H groups in total. The van der Waals surface area contributed by atoms with Crippen LogP contribution in [0.1, 0.15) is 11.3 Å². The highest BCUT2D eigenvalue weighted by Crippen LogP contribution is 2.17. The highest BCUT2D eigenvalue weighted by molar-refractivity contribution is 5.40. The number of nitrogens with zero attached hydrogens (tertiary/aromatic N) is 2. The second-order valence-electron chi connectivity index (χ2n) is 3.58. The second-order valence-corrected chi connectivity index (χ2v) is 3.58. The molecule has 0 atom stereocenters. The van der Waals surface area contributed by atoms with Crippen molar-refractivity contribution in [2.75, 3.05) is 5.73 Å². The highest BCUT2D eigenvalue weighted by atomic mass is 19.1. The molecule has 0 aliphatic rings. The van der Waals surface area contributed by atoms with E-state index in [0.29, 0.717) is 11.5 Å². The molecule has 0 fully saturated rings. The summed E-state index contributed by atoms with van der Waals surface area (Å²) in [5.74, 6) is 0.105. The first-order valence-corrected chi connectivity index (χ1v) is 4.66. The Morgan fingerprint density at radius 1 is 1.27 bits per heavy atom. The van der Waals surface area contributed by atoms with E-state index in [0.717, 1.165) is 11.3 Å². The lowest BCUT2D eigenvalue weighted by molar-refractivity contribution is 0.608. The van der Waals surface area contributed by atoms with Crippen molar-refractivity contribution in [2.45, 2.75) is 13.8 Å². The molecule has 0 saturated heterocycles. The molecule has 15 heavy (non-hydrogen) atoms. The van der Waals surface area contributed by atoms with Gasteiger partial charge in [-0.05, 0) is 31.5 Å². The van der Waals surface area contributed by atoms with Gasteiger partial charge in [-0.15, -0.1) is 0 Å². The Kier molecular flexibility index (Phi) is 2.19. The van der Waals surface area contributed by atoms with Gasteiger partial charge < -0.3 is 5.73 Å². The lowest BCUT2D eigenvalue weighted by Gasteiger charge is -2.05. The summed E-state index contributed by atoms with van der Waals surface area (Å²) in [4.78, 5) is 0. The summed E-state index contributed by atoms with van der Waals surface area (Å²) in [7, 11) is 0. The first-order valence-electron chi connectivity index (χ1n) is 4.66. The Labute approximate surface area is 87.3 Å². The van der Waals surface area contributed by atoms with Crippen molar-refractivity contribution < 1.29 is 4.39 Å². The van der Waals surface area contributed by atoms with E-state index in [9.17, 15) is 4.39 Å². The molecule has 0 aliphatic heterocycles. The first-order chi connectivity index (χ1) is 7.08. The number of rotatable bonds is 1. The van der Waals surface area contributed by atoms with Crippen molar-refractivity contribution in [2.24, 2.45) is 0 Å². The van der Waals surface area contributed by atoms with Gasteiger partial charge in [-0.2, -0.15) is 5.10 Å². The summed E-state index contributed by atoms with van der Waals surface area (Å²) in [5, 5.41) is 4.03. The number of hydrogen-bond acceptors (Lipinski definition) is 2. The molecule has 0 radical (unpaired) electrons. The van der Waals surface area contributed by atoms with Crippen LogP contribution in [0.15, 0.2) is 24.3 Å². The third kappa shape index (κ3) is 1.70. The van der Waals surface area contributed by atoms with Crippen LogP contribution in [0.25, 0.3) is 5.69 Å². The van der Waals surface area contributed by atoms with E-state index in [1.165, 1.54) is 10.7 Å². The number of aryl methyl sites for hydroxylation is 2. The molecule has 0 amide bonds. The van der Waals surface area contributed by atoms with Crippen molar-refractivity contribution in [3.63, 3.8) is 0 Å². The normalized spacial score (nSPS) is 10.6. The summed E-state index contributed by atoms with van der Waals surface area (Å²) < 4.78 is 15.1. The maximum absolute atomic E-state index is 13.6. The number of benzene rings is 1. The summed E-state index contributed by atoms with van der Waals surface area (Å²) in [6.07, 6.45) is 0. The molecule has 1 aromatic carbocycles. The number of nitrogens with two attached hydrogens (primary N) is 1. The molecule has 0 saturated carbocycles. The summed E-state index contributed by atoms with van der Waals surface area (Å²) in [6, 6.07) is 6.73. The van der Waals surface area contributed by atoms with Gasteiger partial charge in [0.1, 0.15) is 17.3 Å². The van der Waals surface area contributed by atoms with Crippen LogP contribution in [0.3, 0.4) is 0 Å². The minimum atomic E-state index is -0.291. The van der Waals surface area contributed by atoms with Gasteiger partial charge in [0.25, 0.3) is 0 Å². The topological polar surface area (TPSA) is 43.8 Å². The third-order valence-corrected chi connectivity index (χ3v) is 2.24. The van der Waals surface area contributed by atoms with Gasteiger partial charge in [-0.1, -0.05) is 6.07 Å². The Balaban J connectivity index is 2.59. The Bertz CT molecular complexity index is 503. The smallest absolute Gasteiger partial charge is 0.149 e. The zero-order valence-corrected chi connectivity index (χ0v) is 8.66. The van der Waals surface area contributed by atoms with E-state index in [-0.39, 0.29) is 5.82 Å². The van der Waals surface area contributed by atoms with E-state index in [4.69, 9.17) is 5.73 Å². The van der Waals surface area contributed by atoms with Crippen LogP contribution in [0, 0.1) is 19.7 Å². The Morgan fingerprint density at radius 3 is 2.53 bits per heavy atom.